The quantitative estimate of drug-likeness (QED) is 0.620. The molecule has 5 rings (SSSR count). The van der Waals surface area contributed by atoms with Gasteiger partial charge in [0, 0.05) is 22.6 Å². The number of rotatable bonds is 1. The van der Waals surface area contributed by atoms with Crippen LogP contribution in [0.4, 0.5) is 10.2 Å². The maximum Gasteiger partial charge on any atom is 0.327 e. The minimum Gasteiger partial charge on any atom is -0.340 e. The van der Waals surface area contributed by atoms with Crippen LogP contribution in [0.15, 0.2) is 63.7 Å². The van der Waals surface area contributed by atoms with Crippen molar-refractivity contribution in [3.05, 3.63) is 103 Å². The van der Waals surface area contributed by atoms with Crippen molar-refractivity contribution in [3.63, 3.8) is 0 Å². The molecule has 132 valence electrons. The smallest absolute Gasteiger partial charge is 0.327 e. The molecule has 0 bridgehead atoms. The molecule has 0 unspecified atom stereocenters. The lowest BCUT2D eigenvalue weighted by atomic mass is 9.82. The van der Waals surface area contributed by atoms with Crippen molar-refractivity contribution < 1.29 is 9.18 Å². The number of benzene rings is 2. The molecule has 27 heavy (non-hydrogen) atoms. The van der Waals surface area contributed by atoms with E-state index in [1.807, 2.05) is 6.07 Å². The number of ketones is 1. The van der Waals surface area contributed by atoms with Gasteiger partial charge in [0.1, 0.15) is 11.6 Å². The van der Waals surface area contributed by atoms with Crippen molar-refractivity contribution >= 4 is 17.3 Å². The second-order valence-corrected chi connectivity index (χ2v) is 6.47. The number of anilines is 1. The molecule has 2 aromatic carbocycles. The van der Waals surface area contributed by atoms with Crippen molar-refractivity contribution in [1.29, 1.82) is 0 Å². The lowest BCUT2D eigenvalue weighted by molar-refractivity contribution is 0.103. The highest BCUT2D eigenvalue weighted by atomic mass is 19.1. The van der Waals surface area contributed by atoms with Crippen LogP contribution in [0.2, 0.25) is 0 Å². The molecule has 0 saturated heterocycles. The van der Waals surface area contributed by atoms with Crippen LogP contribution in [0.3, 0.4) is 0 Å². The molecule has 0 saturated carbocycles. The first-order valence-electron chi connectivity index (χ1n) is 8.32. The number of carbonyl (C=O) groups is 1. The number of aromatic nitrogens is 2. The number of nitrogens with one attached hydrogen (secondary N) is 3. The van der Waals surface area contributed by atoms with Gasteiger partial charge in [-0.3, -0.25) is 19.6 Å². The van der Waals surface area contributed by atoms with E-state index >= 15 is 0 Å². The zero-order valence-electron chi connectivity index (χ0n) is 13.8. The maximum absolute atomic E-state index is 13.4. The standard InChI is InChI=1S/C20H12FN3O3/c21-10-7-5-9(6-8-10)13-14-16(11-3-1-2-4-12(11)17(14)25)22-18-15(13)19(26)24-20(27)23-18/h1-8,13H,(H3,22,23,24,26,27)/t13-/m1/s1. The predicted octanol–water partition coefficient (Wildman–Crippen LogP) is 2.37. The summed E-state index contributed by atoms with van der Waals surface area (Å²) in [5.41, 5.74) is 1.76. The largest absolute Gasteiger partial charge is 0.340 e. The zero-order valence-corrected chi connectivity index (χ0v) is 13.8. The fourth-order valence-corrected chi connectivity index (χ4v) is 3.84. The molecule has 1 aliphatic carbocycles. The minimum absolute atomic E-state index is 0.196. The SMILES string of the molecule is O=C1C2=C(Nc3[nH]c(=O)[nH]c(=O)c3[C@@H]2c2ccc(F)cc2)c2ccccc21. The highest BCUT2D eigenvalue weighted by molar-refractivity contribution is 6.23. The summed E-state index contributed by atoms with van der Waals surface area (Å²) in [6.45, 7) is 0. The summed E-state index contributed by atoms with van der Waals surface area (Å²) in [6.07, 6.45) is 0. The van der Waals surface area contributed by atoms with Gasteiger partial charge in [-0.05, 0) is 17.7 Å². The van der Waals surface area contributed by atoms with Crippen molar-refractivity contribution in [2.45, 2.75) is 5.92 Å². The number of aromatic amines is 2. The Morgan fingerprint density at radius 3 is 2.30 bits per heavy atom. The number of Topliss-reactive ketones (excluding diaryl/α,β-unsaturated/α-hetero) is 1. The lowest BCUT2D eigenvalue weighted by Gasteiger charge is -2.27. The van der Waals surface area contributed by atoms with E-state index in [1.54, 1.807) is 30.3 Å². The third-order valence-electron chi connectivity index (χ3n) is 4.97. The second-order valence-electron chi connectivity index (χ2n) is 6.47. The summed E-state index contributed by atoms with van der Waals surface area (Å²) in [5.74, 6) is -1.10. The van der Waals surface area contributed by atoms with Gasteiger partial charge in [0.05, 0.1) is 11.3 Å². The number of halogens is 1. The first-order valence-corrected chi connectivity index (χ1v) is 8.32. The molecule has 0 amide bonds. The lowest BCUT2D eigenvalue weighted by Crippen LogP contribution is -2.33. The molecule has 2 aliphatic rings. The van der Waals surface area contributed by atoms with Crippen LogP contribution in [0.25, 0.3) is 5.70 Å². The van der Waals surface area contributed by atoms with Crippen LogP contribution >= 0.6 is 0 Å². The van der Waals surface area contributed by atoms with Crippen LogP contribution in [-0.4, -0.2) is 15.8 Å². The fourth-order valence-electron chi connectivity index (χ4n) is 3.84. The molecular weight excluding hydrogens is 349 g/mol. The van der Waals surface area contributed by atoms with Gasteiger partial charge in [0.2, 0.25) is 0 Å². The third-order valence-corrected chi connectivity index (χ3v) is 4.97. The topological polar surface area (TPSA) is 94.8 Å². The van der Waals surface area contributed by atoms with Crippen LogP contribution in [-0.2, 0) is 0 Å². The van der Waals surface area contributed by atoms with Crippen molar-refractivity contribution in [1.82, 2.24) is 9.97 Å². The Morgan fingerprint density at radius 2 is 1.56 bits per heavy atom. The van der Waals surface area contributed by atoms with E-state index in [0.717, 1.165) is 0 Å². The summed E-state index contributed by atoms with van der Waals surface area (Å²) >= 11 is 0. The van der Waals surface area contributed by atoms with E-state index in [-0.39, 0.29) is 17.2 Å². The third kappa shape index (κ3) is 2.15. The Bertz CT molecular complexity index is 1270. The Balaban J connectivity index is 1.84. The molecule has 7 heteroatoms. The number of allylic oxidation sites excluding steroid dienone is 1. The first-order chi connectivity index (χ1) is 13.0. The Morgan fingerprint density at radius 1 is 0.852 bits per heavy atom. The van der Waals surface area contributed by atoms with E-state index in [2.05, 4.69) is 15.3 Å². The monoisotopic (exact) mass is 361 g/mol. The average molecular weight is 361 g/mol. The molecule has 1 aromatic heterocycles. The van der Waals surface area contributed by atoms with E-state index in [1.165, 1.54) is 12.1 Å². The normalized spacial score (nSPS) is 17.2. The first kappa shape index (κ1) is 15.5. The van der Waals surface area contributed by atoms with E-state index < -0.39 is 23.0 Å². The summed E-state index contributed by atoms with van der Waals surface area (Å²) in [6, 6.07) is 12.8. The predicted molar refractivity (Wildman–Crippen MR) is 97.2 cm³/mol. The summed E-state index contributed by atoms with van der Waals surface area (Å²) < 4.78 is 13.4. The van der Waals surface area contributed by atoms with Crippen LogP contribution < -0.4 is 16.6 Å². The molecule has 2 heterocycles. The van der Waals surface area contributed by atoms with Gasteiger partial charge in [-0.2, -0.15) is 0 Å². The molecule has 3 N–H and O–H groups in total. The Labute approximate surface area is 151 Å². The fraction of sp³-hybridized carbons (Fsp3) is 0.0500. The van der Waals surface area contributed by atoms with Gasteiger partial charge in [0.25, 0.3) is 5.56 Å². The van der Waals surface area contributed by atoms with Crippen LogP contribution in [0.5, 0.6) is 0 Å². The van der Waals surface area contributed by atoms with Crippen molar-refractivity contribution in [2.24, 2.45) is 0 Å². The number of hydrogen-bond acceptors (Lipinski definition) is 4. The Hall–Kier alpha value is -3.74. The number of H-pyrrole nitrogens is 2. The van der Waals surface area contributed by atoms with Gasteiger partial charge in [-0.25, -0.2) is 9.18 Å². The van der Waals surface area contributed by atoms with Crippen LogP contribution in [0, 0.1) is 5.82 Å². The van der Waals surface area contributed by atoms with Gasteiger partial charge < -0.3 is 5.32 Å². The van der Waals surface area contributed by atoms with E-state index in [4.69, 9.17) is 0 Å². The number of hydrogen-bond donors (Lipinski definition) is 3. The molecule has 0 spiro atoms. The van der Waals surface area contributed by atoms with Crippen molar-refractivity contribution in [2.75, 3.05) is 5.32 Å². The van der Waals surface area contributed by atoms with Crippen molar-refractivity contribution in [3.8, 4) is 0 Å². The highest BCUT2D eigenvalue weighted by Gasteiger charge is 2.41. The zero-order chi connectivity index (χ0) is 18.7. The second kappa shape index (κ2) is 5.38. The highest BCUT2D eigenvalue weighted by Crippen LogP contribution is 2.47. The van der Waals surface area contributed by atoms with Gasteiger partial charge in [0.15, 0.2) is 5.78 Å². The molecule has 0 radical (unpaired) electrons. The summed E-state index contributed by atoms with van der Waals surface area (Å²) in [5, 5.41) is 3.05. The molecule has 6 nitrogen and oxygen atoms in total. The average Bonchev–Trinajstić information content (AvgIpc) is 2.93. The molecule has 0 fully saturated rings. The van der Waals surface area contributed by atoms with E-state index in [9.17, 15) is 18.8 Å². The Kier molecular flexibility index (Phi) is 3.09. The maximum atomic E-state index is 13.4. The van der Waals surface area contributed by atoms with Gasteiger partial charge in [-0.1, -0.05) is 36.4 Å². The number of carbonyl (C=O) groups excluding carboxylic acids is 1. The van der Waals surface area contributed by atoms with Crippen LogP contribution in [0.1, 0.15) is 33.0 Å². The summed E-state index contributed by atoms with van der Waals surface area (Å²) in [4.78, 5) is 42.3. The molecule has 3 aromatic rings. The number of fused-ring (bicyclic) bond motifs is 3. The molecular formula is C20H12FN3O3. The molecule has 1 atom stereocenters. The van der Waals surface area contributed by atoms with Gasteiger partial charge >= 0.3 is 5.69 Å². The minimum atomic E-state index is -0.725. The van der Waals surface area contributed by atoms with Gasteiger partial charge in [-0.15, -0.1) is 0 Å². The van der Waals surface area contributed by atoms with E-state index in [0.29, 0.717) is 28.0 Å². The summed E-state index contributed by atoms with van der Waals surface area (Å²) in [7, 11) is 0. The molecule has 1 aliphatic heterocycles.